The lowest BCUT2D eigenvalue weighted by Gasteiger charge is -2.16. The highest BCUT2D eigenvalue weighted by atomic mass is 79.9. The maximum absolute atomic E-state index is 3.69. The number of alkyl halides is 1. The van der Waals surface area contributed by atoms with E-state index in [0.29, 0.717) is 10.7 Å². The summed E-state index contributed by atoms with van der Waals surface area (Å²) in [5, 5.41) is 0. The predicted octanol–water partition coefficient (Wildman–Crippen LogP) is 4.73. The largest absolute Gasteiger partial charge is 0.0884 e. The number of rotatable bonds is 3. The fourth-order valence-corrected chi connectivity index (χ4v) is 1.90. The summed E-state index contributed by atoms with van der Waals surface area (Å²) in [6, 6.07) is 8.56. The van der Waals surface area contributed by atoms with Crippen LogP contribution in [0.5, 0.6) is 0 Å². The van der Waals surface area contributed by atoms with Crippen LogP contribution in [0.3, 0.4) is 0 Å². The third-order valence-electron chi connectivity index (χ3n) is 2.33. The maximum atomic E-state index is 3.69. The highest BCUT2D eigenvalue weighted by molar-refractivity contribution is 9.10. The van der Waals surface area contributed by atoms with Crippen molar-refractivity contribution in [3.63, 3.8) is 0 Å². The Morgan fingerprint density at radius 3 is 2.23 bits per heavy atom. The van der Waals surface area contributed by atoms with Crippen LogP contribution in [-0.2, 0) is 0 Å². The Kier molecular flexibility index (Phi) is 4.47. The van der Waals surface area contributed by atoms with Gasteiger partial charge in [0.2, 0.25) is 0 Å². The number of benzene rings is 1. The lowest BCUT2D eigenvalue weighted by atomic mass is 9.97. The first-order valence-corrected chi connectivity index (χ1v) is 6.25. The second-order valence-corrected chi connectivity index (χ2v) is 5.36. The zero-order valence-electron chi connectivity index (χ0n) is 7.93. The van der Waals surface area contributed by atoms with E-state index < -0.39 is 0 Å². The molecule has 0 spiro atoms. The summed E-state index contributed by atoms with van der Waals surface area (Å²) < 4.78 is 1.14. The molecule has 2 unspecified atom stereocenters. The molecule has 0 amide bonds. The van der Waals surface area contributed by atoms with Crippen molar-refractivity contribution >= 4 is 31.9 Å². The maximum Gasteiger partial charge on any atom is 0.0209 e. The van der Waals surface area contributed by atoms with Crippen molar-refractivity contribution in [3.05, 3.63) is 34.3 Å². The lowest BCUT2D eigenvalue weighted by Crippen LogP contribution is -2.07. The van der Waals surface area contributed by atoms with E-state index in [1.807, 2.05) is 0 Å². The molecule has 0 bridgehead atoms. The summed E-state index contributed by atoms with van der Waals surface area (Å²) in [7, 11) is 0. The predicted molar refractivity (Wildman–Crippen MR) is 65.6 cm³/mol. The first-order chi connectivity index (χ1) is 6.15. The van der Waals surface area contributed by atoms with Crippen molar-refractivity contribution in [2.75, 3.05) is 0 Å². The van der Waals surface area contributed by atoms with E-state index in [4.69, 9.17) is 0 Å². The van der Waals surface area contributed by atoms with E-state index in [2.05, 4.69) is 70.0 Å². The Morgan fingerprint density at radius 1 is 1.23 bits per heavy atom. The van der Waals surface area contributed by atoms with Gasteiger partial charge in [0.05, 0.1) is 0 Å². The van der Waals surface area contributed by atoms with Crippen LogP contribution in [0.25, 0.3) is 0 Å². The smallest absolute Gasteiger partial charge is 0.0209 e. The van der Waals surface area contributed by atoms with Gasteiger partial charge in [0.25, 0.3) is 0 Å². The average Bonchev–Trinajstić information content (AvgIpc) is 2.17. The summed E-state index contributed by atoms with van der Waals surface area (Å²) in [5.41, 5.74) is 1.40. The van der Waals surface area contributed by atoms with Gasteiger partial charge in [-0.1, -0.05) is 57.8 Å². The highest BCUT2D eigenvalue weighted by Crippen LogP contribution is 2.27. The van der Waals surface area contributed by atoms with E-state index in [9.17, 15) is 0 Å². The molecule has 0 nitrogen and oxygen atoms in total. The molecule has 0 fully saturated rings. The molecule has 0 saturated heterocycles. The SMILES string of the molecule is CCC(Br)C(C)c1ccc(Br)cc1. The molecule has 0 heterocycles. The molecule has 0 saturated carbocycles. The summed E-state index contributed by atoms with van der Waals surface area (Å²) >= 11 is 7.12. The van der Waals surface area contributed by atoms with Gasteiger partial charge in [-0.05, 0) is 30.0 Å². The number of hydrogen-bond acceptors (Lipinski definition) is 0. The van der Waals surface area contributed by atoms with Crippen molar-refractivity contribution in [2.45, 2.75) is 31.0 Å². The third kappa shape index (κ3) is 3.10. The Labute approximate surface area is 97.0 Å². The van der Waals surface area contributed by atoms with Crippen molar-refractivity contribution in [3.8, 4) is 0 Å². The molecule has 0 N–H and O–H groups in total. The standard InChI is InChI=1S/C11H14Br2/c1-3-11(13)8(2)9-4-6-10(12)7-5-9/h4-8,11H,3H2,1-2H3. The fraction of sp³-hybridized carbons (Fsp3) is 0.455. The average molecular weight is 306 g/mol. The second kappa shape index (κ2) is 5.16. The quantitative estimate of drug-likeness (QED) is 0.708. The minimum absolute atomic E-state index is 0.577. The van der Waals surface area contributed by atoms with Crippen LogP contribution >= 0.6 is 31.9 Å². The molecule has 2 atom stereocenters. The Balaban J connectivity index is 2.77. The molecule has 1 aromatic carbocycles. The van der Waals surface area contributed by atoms with Crippen LogP contribution in [0.15, 0.2) is 28.7 Å². The van der Waals surface area contributed by atoms with Crippen molar-refractivity contribution in [1.82, 2.24) is 0 Å². The molecular formula is C11H14Br2. The molecule has 0 aliphatic carbocycles. The van der Waals surface area contributed by atoms with E-state index in [-0.39, 0.29) is 0 Å². The van der Waals surface area contributed by atoms with Gasteiger partial charge in [0, 0.05) is 9.30 Å². The van der Waals surface area contributed by atoms with Gasteiger partial charge in [-0.3, -0.25) is 0 Å². The summed E-state index contributed by atoms with van der Waals surface area (Å²) in [4.78, 5) is 0.577. The van der Waals surface area contributed by atoms with Gasteiger partial charge < -0.3 is 0 Å². The van der Waals surface area contributed by atoms with E-state index in [0.717, 1.165) is 10.9 Å². The number of hydrogen-bond donors (Lipinski definition) is 0. The minimum atomic E-state index is 0.577. The summed E-state index contributed by atoms with van der Waals surface area (Å²) in [6.45, 7) is 4.46. The van der Waals surface area contributed by atoms with Gasteiger partial charge >= 0.3 is 0 Å². The van der Waals surface area contributed by atoms with Crippen LogP contribution in [0.4, 0.5) is 0 Å². The Bertz CT molecular complexity index is 253. The second-order valence-electron chi connectivity index (χ2n) is 3.26. The van der Waals surface area contributed by atoms with Crippen LogP contribution < -0.4 is 0 Å². The molecular weight excluding hydrogens is 292 g/mol. The van der Waals surface area contributed by atoms with Gasteiger partial charge in [0.1, 0.15) is 0 Å². The molecule has 0 aromatic heterocycles. The van der Waals surface area contributed by atoms with E-state index in [1.165, 1.54) is 5.56 Å². The molecule has 0 aliphatic heterocycles. The molecule has 0 aliphatic rings. The zero-order valence-corrected chi connectivity index (χ0v) is 11.1. The van der Waals surface area contributed by atoms with Gasteiger partial charge in [-0.15, -0.1) is 0 Å². The summed E-state index contributed by atoms with van der Waals surface area (Å²) in [5.74, 6) is 0.582. The molecule has 1 aromatic rings. The monoisotopic (exact) mass is 304 g/mol. The molecule has 1 rings (SSSR count). The van der Waals surface area contributed by atoms with Gasteiger partial charge in [-0.2, -0.15) is 0 Å². The van der Waals surface area contributed by atoms with Crippen molar-refractivity contribution < 1.29 is 0 Å². The van der Waals surface area contributed by atoms with E-state index >= 15 is 0 Å². The highest BCUT2D eigenvalue weighted by Gasteiger charge is 2.13. The minimum Gasteiger partial charge on any atom is -0.0884 e. The fourth-order valence-electron chi connectivity index (χ4n) is 1.33. The lowest BCUT2D eigenvalue weighted by molar-refractivity contribution is 0.694. The first-order valence-electron chi connectivity index (χ1n) is 4.54. The summed E-state index contributed by atoms with van der Waals surface area (Å²) in [6.07, 6.45) is 1.16. The topological polar surface area (TPSA) is 0 Å². The van der Waals surface area contributed by atoms with Gasteiger partial charge in [-0.25, -0.2) is 0 Å². The molecule has 13 heavy (non-hydrogen) atoms. The molecule has 72 valence electrons. The first kappa shape index (κ1) is 11.3. The van der Waals surface area contributed by atoms with Crippen LogP contribution in [-0.4, -0.2) is 4.83 Å². The van der Waals surface area contributed by atoms with Crippen LogP contribution in [0, 0.1) is 0 Å². The third-order valence-corrected chi connectivity index (χ3v) is 4.30. The van der Waals surface area contributed by atoms with Crippen molar-refractivity contribution in [1.29, 1.82) is 0 Å². The number of halogens is 2. The Hall–Kier alpha value is 0.180. The van der Waals surface area contributed by atoms with Crippen molar-refractivity contribution in [2.24, 2.45) is 0 Å². The van der Waals surface area contributed by atoms with Crippen LogP contribution in [0.2, 0.25) is 0 Å². The van der Waals surface area contributed by atoms with Gasteiger partial charge in [0.15, 0.2) is 0 Å². The Morgan fingerprint density at radius 2 is 1.77 bits per heavy atom. The zero-order chi connectivity index (χ0) is 9.84. The molecule has 2 heteroatoms. The van der Waals surface area contributed by atoms with Crippen LogP contribution in [0.1, 0.15) is 31.7 Å². The normalized spacial score (nSPS) is 15.4. The van der Waals surface area contributed by atoms with E-state index in [1.54, 1.807) is 0 Å². The molecule has 0 radical (unpaired) electrons.